The number of β-amino-alcohol motifs (C(OH)–C–C–N with tert-alkyl or cyclic N) is 1. The number of hydrogen-bond donors (Lipinski definition) is 1. The van der Waals surface area contributed by atoms with E-state index in [0.29, 0.717) is 18.0 Å². The number of anilines is 1. The predicted molar refractivity (Wildman–Crippen MR) is 108 cm³/mol. The average Bonchev–Trinajstić information content (AvgIpc) is 2.74. The van der Waals surface area contributed by atoms with Gasteiger partial charge in [-0.05, 0) is 36.4 Å². The number of aliphatic hydroxyl groups is 1. The summed E-state index contributed by atoms with van der Waals surface area (Å²) < 4.78 is 25.3. The van der Waals surface area contributed by atoms with Crippen molar-refractivity contribution in [3.05, 3.63) is 48.8 Å². The lowest BCUT2D eigenvalue weighted by Gasteiger charge is -2.36. The fourth-order valence-corrected chi connectivity index (χ4v) is 3.38. The number of hydrogen-bond acceptors (Lipinski definition) is 9. The molecular weight excluding hydrogens is 380 g/mol. The number of piperazine rings is 1. The number of benzene rings is 1. The number of aromatic nitrogens is 1. The van der Waals surface area contributed by atoms with E-state index in [2.05, 4.69) is 23.3 Å². The van der Waals surface area contributed by atoms with E-state index in [1.54, 1.807) is 36.7 Å². The van der Waals surface area contributed by atoms with Crippen molar-refractivity contribution in [3.8, 4) is 5.75 Å². The molecule has 1 aromatic carbocycles. The maximum Gasteiger partial charge on any atom is 0.119 e. The van der Waals surface area contributed by atoms with E-state index < -0.39 is 17.0 Å². The maximum absolute atomic E-state index is 11.2. The molecule has 1 N–H and O–H groups in total. The van der Waals surface area contributed by atoms with Gasteiger partial charge in [0.05, 0.1) is 0 Å². The van der Waals surface area contributed by atoms with Crippen molar-refractivity contribution in [1.82, 2.24) is 9.88 Å². The van der Waals surface area contributed by atoms with Crippen LogP contribution in [-0.2, 0) is 19.3 Å². The van der Waals surface area contributed by atoms with Gasteiger partial charge in [-0.2, -0.15) is 0 Å². The molecule has 2 aromatic rings. The Morgan fingerprint density at radius 1 is 1.14 bits per heavy atom. The Hall–Kier alpha value is -2.20. The monoisotopic (exact) mass is 405 g/mol. The van der Waals surface area contributed by atoms with Crippen LogP contribution in [0.5, 0.6) is 5.75 Å². The van der Waals surface area contributed by atoms with E-state index in [1.807, 2.05) is 12.1 Å². The van der Waals surface area contributed by atoms with Crippen LogP contribution < -0.4 is 9.64 Å². The minimum Gasteiger partial charge on any atom is -0.491 e. The Morgan fingerprint density at radius 2 is 1.82 bits per heavy atom. The van der Waals surface area contributed by atoms with Crippen LogP contribution in [0.1, 0.15) is 0 Å². The lowest BCUT2D eigenvalue weighted by molar-refractivity contribution is 0.0663. The Labute approximate surface area is 167 Å². The second-order valence-electron chi connectivity index (χ2n) is 6.43. The lowest BCUT2D eigenvalue weighted by atomic mass is 10.2. The molecule has 152 valence electrons. The van der Waals surface area contributed by atoms with E-state index in [-0.39, 0.29) is 6.61 Å². The fraction of sp³-hybridized carbons (Fsp3) is 0.421. The molecule has 9 heteroatoms. The summed E-state index contributed by atoms with van der Waals surface area (Å²) >= 11 is 0. The van der Waals surface area contributed by atoms with Crippen LogP contribution >= 0.6 is 0 Å². The summed E-state index contributed by atoms with van der Waals surface area (Å²) in [5.41, 5.74) is 1.73. The van der Waals surface area contributed by atoms with Gasteiger partial charge in [-0.25, -0.2) is 0 Å². The van der Waals surface area contributed by atoms with Crippen molar-refractivity contribution in [2.45, 2.75) is 6.10 Å². The van der Waals surface area contributed by atoms with Crippen LogP contribution in [0.4, 0.5) is 11.4 Å². The Balaban J connectivity index is 1.40. The van der Waals surface area contributed by atoms with Crippen molar-refractivity contribution in [1.29, 1.82) is 0 Å². The van der Waals surface area contributed by atoms with Crippen LogP contribution in [-0.4, -0.2) is 67.5 Å². The highest BCUT2D eigenvalue weighted by Gasteiger charge is 2.19. The molecular formula is C19H25N4O4S-. The molecule has 1 aromatic heterocycles. The molecule has 1 saturated heterocycles. The molecule has 0 bridgehead atoms. The highest BCUT2D eigenvalue weighted by molar-refractivity contribution is 7.69. The number of rotatable bonds is 8. The minimum atomic E-state index is -1.68. The summed E-state index contributed by atoms with van der Waals surface area (Å²) in [6, 6.07) is 10.9. The summed E-state index contributed by atoms with van der Waals surface area (Å²) in [5, 5.41) is 10.3. The van der Waals surface area contributed by atoms with Crippen molar-refractivity contribution >= 4 is 22.3 Å². The Kier molecular flexibility index (Phi) is 7.61. The SMILES string of the molecule is CO[S-](=O)=Nc1ccc(OCC(O)CN2CCN(c3ccncc3)CC2)cc1. The highest BCUT2D eigenvalue weighted by atomic mass is 32.2. The predicted octanol–water partition coefficient (Wildman–Crippen LogP) is 1.98. The second kappa shape index (κ2) is 10.4. The molecule has 2 heterocycles. The van der Waals surface area contributed by atoms with E-state index in [4.69, 9.17) is 4.74 Å². The van der Waals surface area contributed by atoms with E-state index in [0.717, 1.165) is 26.2 Å². The fourth-order valence-electron chi connectivity index (χ4n) is 3.01. The van der Waals surface area contributed by atoms with Crippen LogP contribution in [0, 0.1) is 0 Å². The van der Waals surface area contributed by atoms with Crippen molar-refractivity contribution in [2.24, 2.45) is 4.36 Å². The first-order valence-electron chi connectivity index (χ1n) is 9.10. The van der Waals surface area contributed by atoms with Crippen LogP contribution in [0.25, 0.3) is 0 Å². The zero-order valence-corrected chi connectivity index (χ0v) is 16.6. The number of nitrogens with zero attached hydrogens (tertiary/aromatic N) is 4. The molecule has 1 unspecified atom stereocenters. The summed E-state index contributed by atoms with van der Waals surface area (Å²) in [6.45, 7) is 4.42. The van der Waals surface area contributed by atoms with E-state index in [9.17, 15) is 9.32 Å². The first kappa shape index (κ1) is 20.5. The molecule has 3 rings (SSSR count). The average molecular weight is 406 g/mol. The molecule has 0 spiro atoms. The second-order valence-corrected chi connectivity index (χ2v) is 7.38. The summed E-state index contributed by atoms with van der Waals surface area (Å²) in [5.74, 6) is 0.628. The molecule has 0 saturated carbocycles. The Bertz CT molecular complexity index is 804. The van der Waals surface area contributed by atoms with Gasteiger partial charge in [0, 0.05) is 63.6 Å². The van der Waals surface area contributed by atoms with Crippen molar-refractivity contribution in [3.63, 3.8) is 0 Å². The van der Waals surface area contributed by atoms with Gasteiger partial charge in [0.2, 0.25) is 0 Å². The topological polar surface area (TPSA) is 87.5 Å². The zero-order chi connectivity index (χ0) is 19.8. The first-order valence-corrected chi connectivity index (χ1v) is 10.1. The normalized spacial score (nSPS) is 17.4. The zero-order valence-electron chi connectivity index (χ0n) is 15.8. The highest BCUT2D eigenvalue weighted by Crippen LogP contribution is 2.19. The third-order valence-corrected chi connectivity index (χ3v) is 5.12. The van der Waals surface area contributed by atoms with Gasteiger partial charge in [-0.15, -0.1) is 0 Å². The molecule has 8 nitrogen and oxygen atoms in total. The maximum atomic E-state index is 11.2. The third kappa shape index (κ3) is 6.16. The molecule has 1 aliphatic rings. The smallest absolute Gasteiger partial charge is 0.119 e. The molecule has 1 aliphatic heterocycles. The van der Waals surface area contributed by atoms with Gasteiger partial charge in [0.1, 0.15) is 18.5 Å². The summed E-state index contributed by atoms with van der Waals surface area (Å²) in [4.78, 5) is 8.62. The Morgan fingerprint density at radius 3 is 2.46 bits per heavy atom. The van der Waals surface area contributed by atoms with Crippen LogP contribution in [0.3, 0.4) is 0 Å². The largest absolute Gasteiger partial charge is 0.491 e. The van der Waals surface area contributed by atoms with Crippen molar-refractivity contribution < 1.29 is 18.2 Å². The van der Waals surface area contributed by atoms with Gasteiger partial charge in [-0.1, -0.05) is 10.9 Å². The van der Waals surface area contributed by atoms with Gasteiger partial charge < -0.3 is 27.5 Å². The third-order valence-electron chi connectivity index (χ3n) is 4.47. The van der Waals surface area contributed by atoms with Gasteiger partial charge in [0.25, 0.3) is 0 Å². The quantitative estimate of drug-likeness (QED) is 0.672. The van der Waals surface area contributed by atoms with Gasteiger partial charge in [-0.3, -0.25) is 9.88 Å². The van der Waals surface area contributed by atoms with Gasteiger partial charge >= 0.3 is 0 Å². The molecule has 0 amide bonds. The number of ether oxygens (including phenoxy) is 1. The van der Waals surface area contributed by atoms with Crippen LogP contribution in [0.15, 0.2) is 53.2 Å². The van der Waals surface area contributed by atoms with E-state index in [1.165, 1.54) is 12.8 Å². The van der Waals surface area contributed by atoms with Crippen molar-refractivity contribution in [2.75, 3.05) is 51.3 Å². The van der Waals surface area contributed by atoms with E-state index >= 15 is 0 Å². The molecule has 1 fully saturated rings. The summed E-state index contributed by atoms with van der Waals surface area (Å²) in [7, 11) is -0.352. The number of aliphatic hydroxyl groups excluding tert-OH is 1. The van der Waals surface area contributed by atoms with Crippen LogP contribution in [0.2, 0.25) is 0 Å². The first-order chi connectivity index (χ1) is 13.6. The lowest BCUT2D eigenvalue weighted by Crippen LogP contribution is -2.49. The van der Waals surface area contributed by atoms with Gasteiger partial charge in [0.15, 0.2) is 0 Å². The number of pyridine rings is 1. The molecule has 28 heavy (non-hydrogen) atoms. The standard InChI is InChI=1S/C19H25N4O4S/c1-26-28(25)21-16-2-4-19(5-3-16)27-15-18(24)14-22-10-12-23(13-11-22)17-6-8-20-9-7-17/h2-9,18,24H,10-15H2,1H3/q-1. The minimum absolute atomic E-state index is 0.213. The molecule has 1 atom stereocenters. The molecule has 0 aliphatic carbocycles. The molecule has 0 radical (unpaired) electrons. The summed E-state index contributed by atoms with van der Waals surface area (Å²) in [6.07, 6.45) is 3.04.